The summed E-state index contributed by atoms with van der Waals surface area (Å²) in [5.74, 6) is 0.0776. The second kappa shape index (κ2) is 8.09. The van der Waals surface area contributed by atoms with E-state index in [1.165, 1.54) is 10.6 Å². The first-order valence-corrected chi connectivity index (χ1v) is 13.2. The van der Waals surface area contributed by atoms with Crippen molar-refractivity contribution in [3.8, 4) is 0 Å². The maximum absolute atomic E-state index is 12.6. The summed E-state index contributed by atoms with van der Waals surface area (Å²) in [7, 11) is -3.49. The number of hydrogen-bond donors (Lipinski definition) is 2. The smallest absolute Gasteiger partial charge is 0.366 e. The molecule has 5 rings (SSSR count). The molecule has 0 spiro atoms. The van der Waals surface area contributed by atoms with Gasteiger partial charge in [0.15, 0.2) is 6.04 Å². The van der Waals surface area contributed by atoms with Gasteiger partial charge in [0, 0.05) is 29.1 Å². The third-order valence-electron chi connectivity index (χ3n) is 7.01. The molecule has 12 heteroatoms. The summed E-state index contributed by atoms with van der Waals surface area (Å²) in [6.45, 7) is 3.30. The van der Waals surface area contributed by atoms with Crippen molar-refractivity contribution < 1.29 is 26.4 Å². The highest BCUT2D eigenvalue weighted by atomic mass is 35.5. The highest BCUT2D eigenvalue weighted by molar-refractivity contribution is 7.88. The van der Waals surface area contributed by atoms with Crippen LogP contribution in [0.3, 0.4) is 0 Å². The SMILES string of the molecule is CC1(C)NC(C23CC(N(Cc4ccc(Cl)cc4)S(C)(=O)=O)(C2)C3)=N[C@H]1C(=O)NCCC(F)(F)F. The van der Waals surface area contributed by atoms with Crippen LogP contribution in [0.1, 0.15) is 45.1 Å². The molecule has 1 aromatic rings. The van der Waals surface area contributed by atoms with Crippen molar-refractivity contribution in [2.75, 3.05) is 12.8 Å². The van der Waals surface area contributed by atoms with Gasteiger partial charge < -0.3 is 10.6 Å². The first-order valence-electron chi connectivity index (χ1n) is 11.0. The largest absolute Gasteiger partial charge is 0.390 e. The van der Waals surface area contributed by atoms with Gasteiger partial charge in [-0.2, -0.15) is 17.5 Å². The minimum absolute atomic E-state index is 0.238. The van der Waals surface area contributed by atoms with E-state index in [0.717, 1.165) is 5.56 Å². The predicted octanol–water partition coefficient (Wildman–Crippen LogP) is 3.24. The summed E-state index contributed by atoms with van der Waals surface area (Å²) in [6.07, 6.45) is -2.52. The Hall–Kier alpha value is -1.85. The number of rotatable bonds is 8. The Morgan fingerprint density at radius 2 is 1.82 bits per heavy atom. The number of carbonyl (C=O) groups excluding carboxylic acids is 1. The molecular weight excluding hydrogens is 493 g/mol. The number of benzene rings is 1. The van der Waals surface area contributed by atoms with Crippen LogP contribution in [0.5, 0.6) is 0 Å². The van der Waals surface area contributed by atoms with Crippen molar-refractivity contribution in [2.45, 2.75) is 69.4 Å². The van der Waals surface area contributed by atoms with Gasteiger partial charge in [-0.15, -0.1) is 0 Å². The van der Waals surface area contributed by atoms with Gasteiger partial charge in [-0.3, -0.25) is 9.79 Å². The number of nitrogens with one attached hydrogen (secondary N) is 2. The summed E-state index contributed by atoms with van der Waals surface area (Å²) >= 11 is 5.94. The van der Waals surface area contributed by atoms with Gasteiger partial charge in [0.1, 0.15) is 5.84 Å². The monoisotopic (exact) mass is 520 g/mol. The Balaban J connectivity index is 1.44. The third-order valence-corrected chi connectivity index (χ3v) is 8.58. The molecule has 2 bridgehead atoms. The molecule has 1 aliphatic heterocycles. The Kier molecular flexibility index (Phi) is 6.01. The van der Waals surface area contributed by atoms with Crippen molar-refractivity contribution in [3.05, 3.63) is 34.9 Å². The van der Waals surface area contributed by atoms with Crippen molar-refractivity contribution in [2.24, 2.45) is 10.4 Å². The maximum atomic E-state index is 12.6. The predicted molar refractivity (Wildman–Crippen MR) is 123 cm³/mol. The van der Waals surface area contributed by atoms with Crippen molar-refractivity contribution >= 4 is 33.4 Å². The molecule has 1 heterocycles. The van der Waals surface area contributed by atoms with Crippen LogP contribution in [0.25, 0.3) is 0 Å². The normalized spacial score (nSPS) is 29.6. The van der Waals surface area contributed by atoms with Crippen LogP contribution >= 0.6 is 11.6 Å². The number of hydrogen-bond acceptors (Lipinski definition) is 5. The zero-order valence-corrected chi connectivity index (χ0v) is 20.7. The molecule has 0 radical (unpaired) electrons. The number of sulfonamides is 1. The molecule has 0 unspecified atom stereocenters. The van der Waals surface area contributed by atoms with Crippen molar-refractivity contribution in [3.63, 3.8) is 0 Å². The second-order valence-corrected chi connectivity index (χ2v) is 12.7. The minimum Gasteiger partial charge on any atom is -0.366 e. The fourth-order valence-corrected chi connectivity index (χ4v) is 6.83. The van der Waals surface area contributed by atoms with Crippen LogP contribution in [0.4, 0.5) is 13.2 Å². The van der Waals surface area contributed by atoms with Crippen molar-refractivity contribution in [1.29, 1.82) is 0 Å². The number of aliphatic imine (C=N–C) groups is 1. The molecule has 4 aliphatic rings. The number of alkyl halides is 3. The molecule has 2 N–H and O–H groups in total. The molecule has 3 aliphatic carbocycles. The number of amidine groups is 1. The van der Waals surface area contributed by atoms with E-state index < -0.39 is 52.2 Å². The Labute approximate surface area is 202 Å². The molecule has 1 amide bonds. The van der Waals surface area contributed by atoms with E-state index in [1.54, 1.807) is 38.1 Å². The van der Waals surface area contributed by atoms with Gasteiger partial charge in [-0.05, 0) is 50.8 Å². The average molecular weight is 521 g/mol. The zero-order chi connectivity index (χ0) is 25.2. The van der Waals surface area contributed by atoms with Crippen LogP contribution in [-0.4, -0.2) is 60.6 Å². The molecule has 0 aromatic heterocycles. The van der Waals surface area contributed by atoms with Gasteiger partial charge in [0.25, 0.3) is 0 Å². The van der Waals surface area contributed by atoms with Crippen LogP contribution in [-0.2, 0) is 21.4 Å². The third kappa shape index (κ3) is 4.66. The average Bonchev–Trinajstić information content (AvgIpc) is 2.93. The van der Waals surface area contributed by atoms with E-state index in [-0.39, 0.29) is 12.0 Å². The quantitative estimate of drug-likeness (QED) is 0.550. The molecule has 0 saturated heterocycles. The molecular formula is C22H28ClF3N4O3S. The highest BCUT2D eigenvalue weighted by Crippen LogP contribution is 2.71. The fraction of sp³-hybridized carbons (Fsp3) is 0.636. The standard InChI is InChI=1S/C22H28ClF3N4O3S/c1-19(2)16(17(31)27-9-8-22(24,25)26)28-18(29-19)20-11-21(12-20,13-20)30(34(3,32)33)10-14-4-6-15(23)7-5-14/h4-7,16H,8-13H2,1-3H3,(H,27,31)(H,28,29)/t16-,20?,21?/m0/s1. The van der Waals surface area contributed by atoms with Gasteiger partial charge in [-0.25, -0.2) is 8.42 Å². The lowest BCUT2D eigenvalue weighted by atomic mass is 9.38. The van der Waals surface area contributed by atoms with Crippen LogP contribution in [0, 0.1) is 5.41 Å². The minimum atomic E-state index is -4.34. The van der Waals surface area contributed by atoms with E-state index >= 15 is 0 Å². The molecule has 3 saturated carbocycles. The van der Waals surface area contributed by atoms with Gasteiger partial charge >= 0.3 is 6.18 Å². The summed E-state index contributed by atoms with van der Waals surface area (Å²) in [4.78, 5) is 17.1. The van der Waals surface area contributed by atoms with E-state index in [0.29, 0.717) is 30.1 Å². The van der Waals surface area contributed by atoms with Gasteiger partial charge in [0.05, 0.1) is 18.2 Å². The van der Waals surface area contributed by atoms with E-state index in [9.17, 15) is 26.4 Å². The molecule has 1 aromatic carbocycles. The lowest BCUT2D eigenvalue weighted by molar-refractivity contribution is -0.150. The van der Waals surface area contributed by atoms with Gasteiger partial charge in [-0.1, -0.05) is 23.7 Å². The Morgan fingerprint density at radius 1 is 1.24 bits per heavy atom. The number of halogens is 4. The Morgan fingerprint density at radius 3 is 2.35 bits per heavy atom. The zero-order valence-electron chi connectivity index (χ0n) is 19.2. The van der Waals surface area contributed by atoms with E-state index in [1.807, 2.05) is 0 Å². The van der Waals surface area contributed by atoms with E-state index in [2.05, 4.69) is 15.6 Å². The van der Waals surface area contributed by atoms with Crippen LogP contribution < -0.4 is 10.6 Å². The first-order chi connectivity index (χ1) is 15.6. The molecule has 7 nitrogen and oxygen atoms in total. The molecule has 34 heavy (non-hydrogen) atoms. The topological polar surface area (TPSA) is 90.9 Å². The number of nitrogens with zero attached hydrogens (tertiary/aromatic N) is 2. The number of amides is 1. The lowest BCUT2D eigenvalue weighted by Gasteiger charge is -2.72. The lowest BCUT2D eigenvalue weighted by Crippen LogP contribution is -2.78. The van der Waals surface area contributed by atoms with Gasteiger partial charge in [0.2, 0.25) is 15.9 Å². The fourth-order valence-electron chi connectivity index (χ4n) is 5.42. The highest BCUT2D eigenvalue weighted by Gasteiger charge is 2.74. The summed E-state index contributed by atoms with van der Waals surface area (Å²) in [5.41, 5.74) is -0.780. The summed E-state index contributed by atoms with van der Waals surface area (Å²) in [6, 6.07) is 6.19. The molecule has 188 valence electrons. The maximum Gasteiger partial charge on any atom is 0.390 e. The van der Waals surface area contributed by atoms with Crippen LogP contribution in [0.2, 0.25) is 5.02 Å². The van der Waals surface area contributed by atoms with Crippen LogP contribution in [0.15, 0.2) is 29.3 Å². The molecule has 3 fully saturated rings. The summed E-state index contributed by atoms with van der Waals surface area (Å²) < 4.78 is 64.0. The number of carbonyl (C=O) groups is 1. The second-order valence-electron chi connectivity index (χ2n) is 10.3. The summed E-state index contributed by atoms with van der Waals surface area (Å²) in [5, 5.41) is 6.19. The Bertz CT molecular complexity index is 1100. The first kappa shape index (κ1) is 25.2. The molecule has 1 atom stereocenters. The van der Waals surface area contributed by atoms with Crippen molar-refractivity contribution in [1.82, 2.24) is 14.9 Å². The van der Waals surface area contributed by atoms with E-state index in [4.69, 9.17) is 11.6 Å².